The van der Waals surface area contributed by atoms with E-state index in [1.54, 1.807) is 7.11 Å². The molecule has 1 aliphatic heterocycles. The number of hydrogen-bond acceptors (Lipinski definition) is 3. The van der Waals surface area contributed by atoms with Crippen molar-refractivity contribution in [3.8, 4) is 0 Å². The molecule has 0 aliphatic carbocycles. The lowest BCUT2D eigenvalue weighted by Crippen LogP contribution is -2.28. The van der Waals surface area contributed by atoms with E-state index in [0.29, 0.717) is 19.7 Å². The monoisotopic (exact) mass is 307 g/mol. The maximum Gasteiger partial charge on any atom is 0.407 e. The highest BCUT2D eigenvalue weighted by molar-refractivity contribution is 5.65. The van der Waals surface area contributed by atoms with Gasteiger partial charge in [-0.25, -0.2) is 4.79 Å². The second-order valence-electron chi connectivity index (χ2n) is 5.68. The summed E-state index contributed by atoms with van der Waals surface area (Å²) in [5.74, 6) is 0.223. The average Bonchev–Trinajstić information content (AvgIpc) is 3.01. The second-order valence-corrected chi connectivity index (χ2v) is 5.68. The fourth-order valence-electron chi connectivity index (χ4n) is 2.91. The van der Waals surface area contributed by atoms with Crippen LogP contribution in [-0.4, -0.2) is 49.5 Å². The first kappa shape index (κ1) is 16.8. The number of methoxy groups -OCH3 is 1. The van der Waals surface area contributed by atoms with Gasteiger partial charge in [0, 0.05) is 39.3 Å². The number of rotatable bonds is 8. The molecular weight excluding hydrogens is 282 g/mol. The molecule has 1 amide bonds. The van der Waals surface area contributed by atoms with Crippen molar-refractivity contribution < 1.29 is 19.4 Å². The van der Waals surface area contributed by atoms with Gasteiger partial charge in [-0.3, -0.25) is 0 Å². The molecule has 0 bridgehead atoms. The molecule has 122 valence electrons. The van der Waals surface area contributed by atoms with Crippen molar-refractivity contribution in [1.82, 2.24) is 4.90 Å². The van der Waals surface area contributed by atoms with Gasteiger partial charge in [-0.2, -0.15) is 0 Å². The minimum atomic E-state index is -0.839. The van der Waals surface area contributed by atoms with Crippen LogP contribution in [0, 0.1) is 5.92 Å². The molecule has 2 rings (SSSR count). The zero-order chi connectivity index (χ0) is 15.8. The predicted molar refractivity (Wildman–Crippen MR) is 83.9 cm³/mol. The van der Waals surface area contributed by atoms with Gasteiger partial charge in [-0.1, -0.05) is 30.3 Å². The summed E-state index contributed by atoms with van der Waals surface area (Å²) in [6, 6.07) is 10.1. The number of hydrogen-bond donors (Lipinski definition) is 1. The third kappa shape index (κ3) is 4.71. The third-order valence-electron chi connectivity index (χ3n) is 4.09. The molecule has 2 unspecified atom stereocenters. The lowest BCUT2D eigenvalue weighted by Gasteiger charge is -2.24. The molecule has 1 saturated heterocycles. The number of likely N-dealkylation sites (tertiary alicyclic amines) is 1. The molecule has 1 N–H and O–H groups in total. The summed E-state index contributed by atoms with van der Waals surface area (Å²) < 4.78 is 11.2. The first-order chi connectivity index (χ1) is 10.7. The van der Waals surface area contributed by atoms with E-state index >= 15 is 0 Å². The fraction of sp³-hybridized carbons (Fsp3) is 0.588. The highest BCUT2D eigenvalue weighted by Crippen LogP contribution is 2.33. The van der Waals surface area contributed by atoms with E-state index in [9.17, 15) is 4.79 Å². The Hall–Kier alpha value is -1.59. The van der Waals surface area contributed by atoms with Crippen LogP contribution in [0.5, 0.6) is 0 Å². The minimum Gasteiger partial charge on any atom is -0.465 e. The van der Waals surface area contributed by atoms with Crippen molar-refractivity contribution in [3.63, 3.8) is 0 Å². The Morgan fingerprint density at radius 2 is 2.05 bits per heavy atom. The smallest absolute Gasteiger partial charge is 0.407 e. The van der Waals surface area contributed by atoms with Crippen molar-refractivity contribution in [3.05, 3.63) is 35.9 Å². The summed E-state index contributed by atoms with van der Waals surface area (Å²) >= 11 is 0. The molecule has 1 aromatic rings. The van der Waals surface area contributed by atoms with Gasteiger partial charge in [0.15, 0.2) is 0 Å². The van der Waals surface area contributed by atoms with Crippen LogP contribution in [0.4, 0.5) is 4.79 Å². The summed E-state index contributed by atoms with van der Waals surface area (Å²) in [6.45, 7) is 2.56. The van der Waals surface area contributed by atoms with Gasteiger partial charge < -0.3 is 19.5 Å². The first-order valence-electron chi connectivity index (χ1n) is 7.85. The summed E-state index contributed by atoms with van der Waals surface area (Å²) in [7, 11) is 1.70. The Morgan fingerprint density at radius 1 is 1.32 bits per heavy atom. The number of unbranched alkanes of at least 4 members (excludes halogenated alkanes) is 1. The van der Waals surface area contributed by atoms with Crippen molar-refractivity contribution >= 4 is 6.09 Å². The van der Waals surface area contributed by atoms with E-state index in [4.69, 9.17) is 14.6 Å². The number of benzene rings is 1. The van der Waals surface area contributed by atoms with E-state index in [1.807, 2.05) is 18.2 Å². The van der Waals surface area contributed by atoms with Gasteiger partial charge in [-0.05, 0) is 24.8 Å². The van der Waals surface area contributed by atoms with Crippen LogP contribution in [0.25, 0.3) is 0 Å². The first-order valence-corrected chi connectivity index (χ1v) is 7.85. The normalized spacial score (nSPS) is 19.3. The van der Waals surface area contributed by atoms with Crippen LogP contribution in [0.3, 0.4) is 0 Å². The number of carbonyl (C=O) groups is 1. The van der Waals surface area contributed by atoms with Crippen LogP contribution in [0.15, 0.2) is 30.3 Å². The van der Waals surface area contributed by atoms with Crippen LogP contribution in [0.1, 0.15) is 30.9 Å². The molecule has 1 aliphatic rings. The molecule has 0 spiro atoms. The van der Waals surface area contributed by atoms with Gasteiger partial charge in [0.1, 0.15) is 0 Å². The highest BCUT2D eigenvalue weighted by atomic mass is 16.5. The number of ether oxygens (including phenoxy) is 2. The molecule has 2 atom stereocenters. The molecule has 1 fully saturated rings. The van der Waals surface area contributed by atoms with E-state index in [0.717, 1.165) is 31.4 Å². The van der Waals surface area contributed by atoms with Crippen molar-refractivity contribution in [2.24, 2.45) is 5.92 Å². The summed E-state index contributed by atoms with van der Waals surface area (Å²) in [5.41, 5.74) is 1.13. The molecule has 0 radical (unpaired) electrons. The Kier molecular flexibility index (Phi) is 6.68. The average molecular weight is 307 g/mol. The topological polar surface area (TPSA) is 59.0 Å². The lowest BCUT2D eigenvalue weighted by atomic mass is 9.95. The van der Waals surface area contributed by atoms with Gasteiger partial charge in [0.25, 0.3) is 0 Å². The van der Waals surface area contributed by atoms with Crippen LogP contribution >= 0.6 is 0 Å². The molecule has 1 heterocycles. The fourth-order valence-corrected chi connectivity index (χ4v) is 2.91. The molecular formula is C17H25NO4. The maximum atomic E-state index is 11.1. The Labute approximate surface area is 131 Å². The summed E-state index contributed by atoms with van der Waals surface area (Å²) in [4.78, 5) is 12.6. The van der Waals surface area contributed by atoms with E-state index < -0.39 is 6.09 Å². The second kappa shape index (κ2) is 8.76. The van der Waals surface area contributed by atoms with E-state index in [2.05, 4.69) is 12.1 Å². The van der Waals surface area contributed by atoms with Gasteiger partial charge >= 0.3 is 6.09 Å². The van der Waals surface area contributed by atoms with Gasteiger partial charge in [-0.15, -0.1) is 0 Å². The molecule has 0 saturated carbocycles. The number of nitrogens with zero attached hydrogens (tertiary/aromatic N) is 1. The molecule has 5 nitrogen and oxygen atoms in total. The molecule has 0 aromatic heterocycles. The largest absolute Gasteiger partial charge is 0.465 e. The SMILES string of the molecule is COCCCCOC(c1ccccc1)C1CCN(C(=O)O)C1. The zero-order valence-corrected chi connectivity index (χ0v) is 13.1. The van der Waals surface area contributed by atoms with Crippen LogP contribution in [0.2, 0.25) is 0 Å². The van der Waals surface area contributed by atoms with Crippen molar-refractivity contribution in [1.29, 1.82) is 0 Å². The molecule has 22 heavy (non-hydrogen) atoms. The van der Waals surface area contributed by atoms with Gasteiger partial charge in [0.05, 0.1) is 6.10 Å². The zero-order valence-electron chi connectivity index (χ0n) is 13.1. The quantitative estimate of drug-likeness (QED) is 0.749. The molecule has 5 heteroatoms. The number of carboxylic acid groups (broad SMARTS) is 1. The van der Waals surface area contributed by atoms with Crippen molar-refractivity contribution in [2.45, 2.75) is 25.4 Å². The predicted octanol–water partition coefficient (Wildman–Crippen LogP) is 3.17. The van der Waals surface area contributed by atoms with Crippen molar-refractivity contribution in [2.75, 3.05) is 33.4 Å². The third-order valence-corrected chi connectivity index (χ3v) is 4.09. The Balaban J connectivity index is 1.95. The minimum absolute atomic E-state index is 0.0342. The van der Waals surface area contributed by atoms with E-state index in [-0.39, 0.29) is 12.0 Å². The summed E-state index contributed by atoms with van der Waals surface area (Å²) in [5, 5.41) is 9.13. The Bertz CT molecular complexity index is 451. The van der Waals surface area contributed by atoms with Crippen LogP contribution < -0.4 is 0 Å². The Morgan fingerprint density at radius 3 is 2.68 bits per heavy atom. The number of amides is 1. The van der Waals surface area contributed by atoms with E-state index in [1.165, 1.54) is 4.90 Å². The standard InChI is InChI=1S/C17H25NO4/c1-21-11-5-6-12-22-16(14-7-3-2-4-8-14)15-9-10-18(13-15)17(19)20/h2-4,7-8,15-16H,5-6,9-13H2,1H3,(H,19,20). The lowest BCUT2D eigenvalue weighted by molar-refractivity contribution is 0.00944. The molecule has 1 aromatic carbocycles. The maximum absolute atomic E-state index is 11.1. The van der Waals surface area contributed by atoms with Gasteiger partial charge in [0.2, 0.25) is 0 Å². The highest BCUT2D eigenvalue weighted by Gasteiger charge is 2.33. The summed E-state index contributed by atoms with van der Waals surface area (Å²) in [6.07, 6.45) is 1.91. The van der Waals surface area contributed by atoms with Crippen LogP contribution in [-0.2, 0) is 9.47 Å².